The highest BCUT2D eigenvalue weighted by atomic mass is 16.5. The number of unbranched alkanes of at least 4 members (excludes halogenated alkanes) is 1. The Morgan fingerprint density at radius 2 is 1.67 bits per heavy atom. The molecule has 0 aromatic heterocycles. The molecule has 3 nitrogen and oxygen atoms in total. The molecule has 0 radical (unpaired) electrons. The lowest BCUT2D eigenvalue weighted by Gasteiger charge is -2.42. The summed E-state index contributed by atoms with van der Waals surface area (Å²) in [5.74, 6) is 0.966. The lowest BCUT2D eigenvalue weighted by Crippen LogP contribution is -2.54. The zero-order chi connectivity index (χ0) is 17.5. The molecule has 1 atom stereocenters. The Morgan fingerprint density at radius 3 is 2.25 bits per heavy atom. The molecule has 1 aliphatic carbocycles. The molecule has 3 heteroatoms. The van der Waals surface area contributed by atoms with Crippen molar-refractivity contribution in [2.75, 3.05) is 26.2 Å². The number of ether oxygens (including phenoxy) is 1. The molecule has 0 bridgehead atoms. The third kappa shape index (κ3) is 6.65. The number of nitrogens with zero attached hydrogens (tertiary/aromatic N) is 2. The molecule has 142 valence electrons. The van der Waals surface area contributed by atoms with E-state index in [4.69, 9.17) is 4.74 Å². The zero-order valence-electron chi connectivity index (χ0n) is 17.0. The largest absolute Gasteiger partial charge is 0.376 e. The quantitative estimate of drug-likeness (QED) is 0.604. The average molecular weight is 339 g/mol. The molecular weight excluding hydrogens is 296 g/mol. The Morgan fingerprint density at radius 1 is 0.958 bits per heavy atom. The Hall–Kier alpha value is -0.120. The van der Waals surface area contributed by atoms with Gasteiger partial charge in [-0.3, -0.25) is 4.90 Å². The molecular formula is C21H42N2O. The number of hydrogen-bond donors (Lipinski definition) is 0. The highest BCUT2D eigenvalue weighted by Crippen LogP contribution is 2.30. The summed E-state index contributed by atoms with van der Waals surface area (Å²) in [7, 11) is 0. The van der Waals surface area contributed by atoms with E-state index in [0.29, 0.717) is 18.2 Å². The van der Waals surface area contributed by atoms with Crippen LogP contribution in [0.2, 0.25) is 0 Å². The zero-order valence-corrected chi connectivity index (χ0v) is 17.0. The fraction of sp³-hybridized carbons (Fsp3) is 1.00. The predicted molar refractivity (Wildman–Crippen MR) is 104 cm³/mol. The molecule has 0 aromatic rings. The lowest BCUT2D eigenvalue weighted by atomic mass is 9.84. The van der Waals surface area contributed by atoms with Crippen LogP contribution < -0.4 is 0 Å². The van der Waals surface area contributed by atoms with Gasteiger partial charge in [0.05, 0.1) is 12.2 Å². The molecule has 1 heterocycles. The molecule has 0 N–H and O–H groups in total. The average Bonchev–Trinajstić information content (AvgIpc) is 2.52. The van der Waals surface area contributed by atoms with Gasteiger partial charge in [-0.15, -0.1) is 0 Å². The van der Waals surface area contributed by atoms with Crippen molar-refractivity contribution < 1.29 is 4.74 Å². The van der Waals surface area contributed by atoms with Crippen LogP contribution in [0.5, 0.6) is 0 Å². The summed E-state index contributed by atoms with van der Waals surface area (Å²) < 4.78 is 5.97. The molecule has 2 aliphatic rings. The van der Waals surface area contributed by atoms with Gasteiger partial charge in [-0.1, -0.05) is 12.8 Å². The molecule has 0 amide bonds. The third-order valence-corrected chi connectivity index (χ3v) is 6.02. The highest BCUT2D eigenvalue weighted by molar-refractivity contribution is 4.81. The summed E-state index contributed by atoms with van der Waals surface area (Å²) >= 11 is 0. The second kappa shape index (κ2) is 10.1. The van der Waals surface area contributed by atoms with Gasteiger partial charge in [-0.05, 0) is 79.2 Å². The topological polar surface area (TPSA) is 15.7 Å². The molecule has 0 aromatic carbocycles. The minimum absolute atomic E-state index is 0.394. The maximum atomic E-state index is 5.97. The number of piperazine rings is 1. The van der Waals surface area contributed by atoms with E-state index in [1.54, 1.807) is 0 Å². The van der Waals surface area contributed by atoms with Crippen molar-refractivity contribution in [2.24, 2.45) is 5.92 Å². The van der Waals surface area contributed by atoms with E-state index in [0.717, 1.165) is 12.0 Å². The van der Waals surface area contributed by atoms with Gasteiger partial charge in [0.25, 0.3) is 0 Å². The van der Waals surface area contributed by atoms with Crippen molar-refractivity contribution in [3.8, 4) is 0 Å². The summed E-state index contributed by atoms with van der Waals surface area (Å²) in [6, 6.07) is 1.41. The fourth-order valence-corrected chi connectivity index (χ4v) is 4.73. The summed E-state index contributed by atoms with van der Waals surface area (Å²) in [5, 5.41) is 0. The first-order valence-corrected chi connectivity index (χ1v) is 10.6. The SMILES string of the molecule is CC(C)O[C@H]1CC[C@H](CCCCN2CCN(C(C)C)[C@H](C)C2)CC1. The van der Waals surface area contributed by atoms with Gasteiger partial charge in [0.2, 0.25) is 0 Å². The molecule has 2 fully saturated rings. The molecule has 0 spiro atoms. The van der Waals surface area contributed by atoms with Crippen molar-refractivity contribution in [2.45, 2.75) is 104 Å². The van der Waals surface area contributed by atoms with Crippen molar-refractivity contribution in [3.63, 3.8) is 0 Å². The third-order valence-electron chi connectivity index (χ3n) is 6.02. The van der Waals surface area contributed by atoms with Crippen LogP contribution >= 0.6 is 0 Å². The van der Waals surface area contributed by atoms with Gasteiger partial charge in [0, 0.05) is 31.7 Å². The summed E-state index contributed by atoms with van der Waals surface area (Å²) in [5.41, 5.74) is 0. The van der Waals surface area contributed by atoms with Gasteiger partial charge < -0.3 is 9.64 Å². The van der Waals surface area contributed by atoms with Crippen LogP contribution in [0.25, 0.3) is 0 Å². The summed E-state index contributed by atoms with van der Waals surface area (Å²) in [6.45, 7) is 16.4. The highest BCUT2D eigenvalue weighted by Gasteiger charge is 2.25. The van der Waals surface area contributed by atoms with Crippen LogP contribution in [-0.4, -0.2) is 60.3 Å². The smallest absolute Gasteiger partial charge is 0.0578 e. The van der Waals surface area contributed by atoms with E-state index in [2.05, 4.69) is 44.4 Å². The first-order chi connectivity index (χ1) is 11.5. The standard InChI is InChI=1S/C21H42N2O/c1-17(2)23-15-14-22(16-19(23)5)13-7-6-8-20-9-11-21(12-10-20)24-18(3)4/h17-21H,6-16H2,1-5H3/t19-,20-,21-/m1/s1. The predicted octanol–water partition coefficient (Wildman–Crippen LogP) is 4.56. The molecule has 2 rings (SSSR count). The van der Waals surface area contributed by atoms with E-state index >= 15 is 0 Å². The Balaban J connectivity index is 1.53. The van der Waals surface area contributed by atoms with Crippen LogP contribution in [0.4, 0.5) is 0 Å². The maximum Gasteiger partial charge on any atom is 0.0578 e. The van der Waals surface area contributed by atoms with Crippen LogP contribution in [0.3, 0.4) is 0 Å². The molecule has 1 saturated carbocycles. The van der Waals surface area contributed by atoms with E-state index in [1.807, 2.05) is 0 Å². The summed E-state index contributed by atoms with van der Waals surface area (Å²) in [6.07, 6.45) is 10.5. The Labute approximate surface area is 151 Å². The van der Waals surface area contributed by atoms with E-state index < -0.39 is 0 Å². The number of rotatable bonds is 8. The maximum absolute atomic E-state index is 5.97. The minimum atomic E-state index is 0.394. The van der Waals surface area contributed by atoms with Crippen molar-refractivity contribution in [1.29, 1.82) is 0 Å². The Kier molecular flexibility index (Phi) is 8.53. The van der Waals surface area contributed by atoms with Gasteiger partial charge in [-0.2, -0.15) is 0 Å². The lowest BCUT2D eigenvalue weighted by molar-refractivity contribution is -0.0204. The second-order valence-corrected chi connectivity index (χ2v) is 8.80. The second-order valence-electron chi connectivity index (χ2n) is 8.80. The van der Waals surface area contributed by atoms with E-state index in [-0.39, 0.29) is 0 Å². The van der Waals surface area contributed by atoms with Gasteiger partial charge in [-0.25, -0.2) is 0 Å². The van der Waals surface area contributed by atoms with Crippen LogP contribution in [0.1, 0.15) is 79.6 Å². The van der Waals surface area contributed by atoms with Crippen LogP contribution in [0.15, 0.2) is 0 Å². The normalized spacial score (nSPS) is 30.4. The molecule has 1 aliphatic heterocycles. The van der Waals surface area contributed by atoms with Gasteiger partial charge in [0.15, 0.2) is 0 Å². The van der Waals surface area contributed by atoms with E-state index in [9.17, 15) is 0 Å². The molecule has 0 unspecified atom stereocenters. The first-order valence-electron chi connectivity index (χ1n) is 10.6. The van der Waals surface area contributed by atoms with Crippen LogP contribution in [-0.2, 0) is 4.74 Å². The monoisotopic (exact) mass is 338 g/mol. The van der Waals surface area contributed by atoms with Crippen molar-refractivity contribution in [3.05, 3.63) is 0 Å². The van der Waals surface area contributed by atoms with Crippen LogP contribution in [0, 0.1) is 5.92 Å². The fourth-order valence-electron chi connectivity index (χ4n) is 4.73. The van der Waals surface area contributed by atoms with Crippen molar-refractivity contribution >= 4 is 0 Å². The van der Waals surface area contributed by atoms with Gasteiger partial charge >= 0.3 is 0 Å². The minimum Gasteiger partial charge on any atom is -0.376 e. The Bertz CT molecular complexity index is 337. The molecule has 1 saturated heterocycles. The van der Waals surface area contributed by atoms with E-state index in [1.165, 1.54) is 71.1 Å². The van der Waals surface area contributed by atoms with Crippen molar-refractivity contribution in [1.82, 2.24) is 9.80 Å². The summed E-state index contributed by atoms with van der Waals surface area (Å²) in [4.78, 5) is 5.34. The number of hydrogen-bond acceptors (Lipinski definition) is 3. The molecule has 24 heavy (non-hydrogen) atoms. The van der Waals surface area contributed by atoms with Gasteiger partial charge in [0.1, 0.15) is 0 Å². The first kappa shape index (κ1) is 20.2.